The van der Waals surface area contributed by atoms with Crippen molar-refractivity contribution < 1.29 is 14.3 Å². The molecule has 0 bridgehead atoms. The van der Waals surface area contributed by atoms with Crippen molar-refractivity contribution in [2.75, 3.05) is 0 Å². The third kappa shape index (κ3) is 18.0. The highest BCUT2D eigenvalue weighted by Gasteiger charge is 2.18. The summed E-state index contributed by atoms with van der Waals surface area (Å²) in [6.07, 6.45) is 0.750. The zero-order chi connectivity index (χ0) is 14.2. The Hall–Kier alpha value is -0.570. The van der Waals surface area contributed by atoms with Crippen molar-refractivity contribution in [2.45, 2.75) is 80.1 Å². The van der Waals surface area contributed by atoms with E-state index in [9.17, 15) is 4.79 Å². The first-order chi connectivity index (χ1) is 7.45. The van der Waals surface area contributed by atoms with E-state index in [-0.39, 0.29) is 17.5 Å². The first-order valence-corrected chi connectivity index (χ1v) is 6.34. The van der Waals surface area contributed by atoms with Crippen LogP contribution in [0.25, 0.3) is 0 Å². The van der Waals surface area contributed by atoms with Gasteiger partial charge in [-0.15, -0.1) is 0 Å². The highest BCUT2D eigenvalue weighted by Crippen LogP contribution is 2.10. The van der Waals surface area contributed by atoms with Crippen LogP contribution in [0.5, 0.6) is 0 Å². The van der Waals surface area contributed by atoms with Crippen LogP contribution in [0.1, 0.15) is 62.3 Å². The van der Waals surface area contributed by atoms with E-state index in [1.807, 2.05) is 62.3 Å². The number of ether oxygens (including phenoxy) is 2. The quantitative estimate of drug-likeness (QED) is 0.710. The Kier molecular flexibility index (Phi) is 9.40. The first-order valence-electron chi connectivity index (χ1n) is 6.34. The molecule has 0 rings (SSSR count). The number of rotatable bonds is 3. The fraction of sp³-hybridized carbons (Fsp3) is 0.929. The Morgan fingerprint density at radius 3 is 1.29 bits per heavy atom. The molecule has 0 aliphatic carbocycles. The van der Waals surface area contributed by atoms with Gasteiger partial charge in [-0.05, 0) is 48.5 Å². The van der Waals surface area contributed by atoms with E-state index in [0.717, 1.165) is 0 Å². The molecule has 0 spiro atoms. The van der Waals surface area contributed by atoms with Crippen LogP contribution in [0.3, 0.4) is 0 Å². The summed E-state index contributed by atoms with van der Waals surface area (Å²) in [7, 11) is 0. The molecule has 0 atom stereocenters. The molecule has 0 aromatic heterocycles. The molecule has 3 nitrogen and oxygen atoms in total. The zero-order valence-electron chi connectivity index (χ0n) is 13.0. The second kappa shape index (κ2) is 8.51. The summed E-state index contributed by atoms with van der Waals surface area (Å²) in [6.45, 7) is 17.4. The molecular formula is C14H30O3. The molecule has 0 heterocycles. The molecule has 0 aliphatic heterocycles. The molecule has 104 valence electrons. The van der Waals surface area contributed by atoms with E-state index in [1.54, 1.807) is 0 Å². The summed E-state index contributed by atoms with van der Waals surface area (Å²) in [5.41, 5.74) is -0.346. The number of carbonyl (C=O) groups excluding carboxylic acids is 1. The van der Waals surface area contributed by atoms with Crippen LogP contribution in [0.15, 0.2) is 0 Å². The van der Waals surface area contributed by atoms with Crippen LogP contribution in [0.4, 0.5) is 0 Å². The van der Waals surface area contributed by atoms with Crippen LogP contribution in [0, 0.1) is 5.92 Å². The van der Waals surface area contributed by atoms with Gasteiger partial charge < -0.3 is 9.47 Å². The van der Waals surface area contributed by atoms with Gasteiger partial charge in [0.15, 0.2) is 0 Å². The van der Waals surface area contributed by atoms with Crippen molar-refractivity contribution >= 4 is 5.97 Å². The lowest BCUT2D eigenvalue weighted by atomic mass is 10.1. The number of esters is 1. The molecule has 3 heteroatoms. The lowest BCUT2D eigenvalue weighted by molar-refractivity contribution is -0.158. The Balaban J connectivity index is 0. The minimum absolute atomic E-state index is 0.0285. The molecule has 0 N–H and O–H groups in total. The minimum atomic E-state index is -0.346. The average Bonchev–Trinajstić information content (AvgIpc) is 1.98. The van der Waals surface area contributed by atoms with Gasteiger partial charge in [-0.1, -0.05) is 13.8 Å². The summed E-state index contributed by atoms with van der Waals surface area (Å²) >= 11 is 0. The SMILES string of the molecule is CC(C)C(=O)OC(C)(C)C.CC(C)OC(C)C. The van der Waals surface area contributed by atoms with Gasteiger partial charge >= 0.3 is 5.97 Å². The van der Waals surface area contributed by atoms with E-state index in [2.05, 4.69) is 0 Å². The van der Waals surface area contributed by atoms with Gasteiger partial charge in [0.05, 0.1) is 18.1 Å². The standard InChI is InChI=1S/C8H16O2.C6H14O/c1-6(2)7(9)10-8(3,4)5;1-5(2)7-6(3)4/h6H,1-5H3;5-6H,1-4H3. The van der Waals surface area contributed by atoms with E-state index >= 15 is 0 Å². The largest absolute Gasteiger partial charge is 0.460 e. The predicted octanol–water partition coefficient (Wildman–Crippen LogP) is 3.80. The number of hydrogen-bond donors (Lipinski definition) is 0. The summed E-state index contributed by atoms with van der Waals surface area (Å²) in [6, 6.07) is 0. The van der Waals surface area contributed by atoms with Crippen LogP contribution in [-0.4, -0.2) is 23.8 Å². The molecule has 0 unspecified atom stereocenters. The number of carbonyl (C=O) groups is 1. The monoisotopic (exact) mass is 246 g/mol. The molecule has 17 heavy (non-hydrogen) atoms. The fourth-order valence-electron chi connectivity index (χ4n) is 0.964. The fourth-order valence-corrected chi connectivity index (χ4v) is 0.964. The lowest BCUT2D eigenvalue weighted by Crippen LogP contribution is -2.26. The van der Waals surface area contributed by atoms with Crippen molar-refractivity contribution in [2.24, 2.45) is 5.92 Å². The first kappa shape index (κ1) is 18.8. The summed E-state index contributed by atoms with van der Waals surface area (Å²) in [5.74, 6) is -0.160. The molecule has 0 aliphatic rings. The van der Waals surface area contributed by atoms with Gasteiger partial charge in [0.25, 0.3) is 0 Å². The Bertz CT molecular complexity index is 194. The maximum Gasteiger partial charge on any atom is 0.308 e. The second-order valence-corrected chi connectivity index (χ2v) is 5.92. The molecule has 0 amide bonds. The molecule has 0 saturated carbocycles. The van der Waals surface area contributed by atoms with Crippen LogP contribution in [-0.2, 0) is 14.3 Å². The molecule has 0 aromatic carbocycles. The van der Waals surface area contributed by atoms with Crippen LogP contribution >= 0.6 is 0 Å². The topological polar surface area (TPSA) is 35.5 Å². The minimum Gasteiger partial charge on any atom is -0.460 e. The molecule has 0 radical (unpaired) electrons. The Morgan fingerprint density at radius 2 is 1.24 bits per heavy atom. The highest BCUT2D eigenvalue weighted by molar-refractivity contribution is 5.71. The van der Waals surface area contributed by atoms with Crippen molar-refractivity contribution in [3.05, 3.63) is 0 Å². The summed E-state index contributed by atoms with van der Waals surface area (Å²) in [5, 5.41) is 0. The van der Waals surface area contributed by atoms with Gasteiger partial charge in [-0.25, -0.2) is 0 Å². The van der Waals surface area contributed by atoms with Gasteiger partial charge in [0.2, 0.25) is 0 Å². The van der Waals surface area contributed by atoms with E-state index < -0.39 is 0 Å². The van der Waals surface area contributed by atoms with Crippen molar-refractivity contribution in [3.8, 4) is 0 Å². The average molecular weight is 246 g/mol. The second-order valence-electron chi connectivity index (χ2n) is 5.92. The highest BCUT2D eigenvalue weighted by atomic mass is 16.6. The summed E-state index contributed by atoms with van der Waals surface area (Å²) in [4.78, 5) is 10.9. The maximum absolute atomic E-state index is 10.9. The van der Waals surface area contributed by atoms with Gasteiger partial charge in [0.1, 0.15) is 5.60 Å². The molecule has 0 aromatic rings. The zero-order valence-corrected chi connectivity index (χ0v) is 13.0. The molecule has 0 saturated heterocycles. The van der Waals surface area contributed by atoms with E-state index in [0.29, 0.717) is 12.2 Å². The normalized spacial score (nSPS) is 11.5. The lowest BCUT2D eigenvalue weighted by Gasteiger charge is -2.20. The number of hydrogen-bond acceptors (Lipinski definition) is 3. The van der Waals surface area contributed by atoms with Crippen molar-refractivity contribution in [1.82, 2.24) is 0 Å². The van der Waals surface area contributed by atoms with E-state index in [4.69, 9.17) is 9.47 Å². The Morgan fingerprint density at radius 1 is 0.882 bits per heavy atom. The third-order valence-electron chi connectivity index (χ3n) is 1.42. The van der Waals surface area contributed by atoms with Crippen LogP contribution < -0.4 is 0 Å². The van der Waals surface area contributed by atoms with E-state index in [1.165, 1.54) is 0 Å². The molecule has 0 fully saturated rings. The Labute approximate surface area is 107 Å². The smallest absolute Gasteiger partial charge is 0.308 e. The third-order valence-corrected chi connectivity index (χ3v) is 1.42. The predicted molar refractivity (Wildman–Crippen MR) is 72.0 cm³/mol. The summed E-state index contributed by atoms with van der Waals surface area (Å²) < 4.78 is 10.3. The van der Waals surface area contributed by atoms with Gasteiger partial charge in [-0.2, -0.15) is 0 Å². The van der Waals surface area contributed by atoms with Crippen molar-refractivity contribution in [3.63, 3.8) is 0 Å². The van der Waals surface area contributed by atoms with Gasteiger partial charge in [-0.3, -0.25) is 4.79 Å². The van der Waals surface area contributed by atoms with Gasteiger partial charge in [0, 0.05) is 0 Å². The molecular weight excluding hydrogens is 216 g/mol. The van der Waals surface area contributed by atoms with Crippen LogP contribution in [0.2, 0.25) is 0 Å². The maximum atomic E-state index is 10.9. The van der Waals surface area contributed by atoms with Crippen molar-refractivity contribution in [1.29, 1.82) is 0 Å².